The Morgan fingerprint density at radius 2 is 1.77 bits per heavy atom. The Morgan fingerprint density at radius 1 is 1.03 bits per heavy atom. The van der Waals surface area contributed by atoms with E-state index < -0.39 is 5.97 Å². The van der Waals surface area contributed by atoms with Crippen molar-refractivity contribution in [3.05, 3.63) is 77.1 Å². The summed E-state index contributed by atoms with van der Waals surface area (Å²) in [5.41, 5.74) is 10.6. The fourth-order valence-electron chi connectivity index (χ4n) is 3.41. The number of benzene rings is 3. The summed E-state index contributed by atoms with van der Waals surface area (Å²) in [7, 11) is 1.91. The molecule has 0 saturated carbocycles. The van der Waals surface area contributed by atoms with Crippen LogP contribution in [-0.2, 0) is 13.7 Å². The number of fused-ring (bicyclic) bond motifs is 1. The first-order valence-corrected chi connectivity index (χ1v) is 9.78. The highest BCUT2D eigenvalue weighted by atomic mass is 16.5. The second-order valence-corrected chi connectivity index (χ2v) is 7.43. The van der Waals surface area contributed by atoms with Crippen LogP contribution in [0.3, 0.4) is 0 Å². The van der Waals surface area contributed by atoms with Gasteiger partial charge in [-0.25, -0.2) is 9.78 Å². The number of nitrogens with zero attached hydrogens (tertiary/aromatic N) is 2. The Kier molecular flexibility index (Phi) is 5.25. The molecule has 0 fully saturated rings. The predicted molar refractivity (Wildman–Crippen MR) is 119 cm³/mol. The van der Waals surface area contributed by atoms with Crippen LogP contribution in [0.4, 0.5) is 5.69 Å². The number of nitrogen functional groups attached to an aromatic ring is 1. The van der Waals surface area contributed by atoms with Crippen LogP contribution < -0.4 is 15.2 Å². The number of ether oxygens (including phenoxy) is 2. The van der Waals surface area contributed by atoms with Gasteiger partial charge in [-0.2, -0.15) is 0 Å². The van der Waals surface area contributed by atoms with Crippen LogP contribution in [0, 0.1) is 13.8 Å². The van der Waals surface area contributed by atoms with E-state index in [1.54, 1.807) is 12.1 Å². The summed E-state index contributed by atoms with van der Waals surface area (Å²) in [5.74, 6) is 1.62. The van der Waals surface area contributed by atoms with E-state index in [0.29, 0.717) is 17.3 Å². The summed E-state index contributed by atoms with van der Waals surface area (Å²) >= 11 is 0. The maximum atomic E-state index is 11.1. The Morgan fingerprint density at radius 3 is 2.48 bits per heavy atom. The van der Waals surface area contributed by atoms with Crippen molar-refractivity contribution in [2.75, 3.05) is 5.73 Å². The predicted octanol–water partition coefficient (Wildman–Crippen LogP) is 4.84. The average Bonchev–Trinajstić information content (AvgIpc) is 3.06. The lowest BCUT2D eigenvalue weighted by Crippen LogP contribution is -2.04. The van der Waals surface area contributed by atoms with Crippen LogP contribution >= 0.6 is 0 Å². The second kappa shape index (κ2) is 8.02. The highest BCUT2D eigenvalue weighted by molar-refractivity contribution is 5.88. The molecule has 4 rings (SSSR count). The fraction of sp³-hybridized carbons (Fsp3) is 0.167. The lowest BCUT2D eigenvalue weighted by atomic mass is 10.1. The Balaban J connectivity index is 1.55. The molecular formula is C24H23N3O4. The number of hydrogen-bond donors (Lipinski definition) is 2. The third-order valence-electron chi connectivity index (χ3n) is 5.20. The number of rotatable bonds is 6. The van der Waals surface area contributed by atoms with Gasteiger partial charge in [0.1, 0.15) is 29.7 Å². The zero-order valence-electron chi connectivity index (χ0n) is 17.5. The minimum absolute atomic E-state index is 0.178. The summed E-state index contributed by atoms with van der Waals surface area (Å²) in [6.07, 6.45) is 0. The number of aromatic nitrogens is 2. The number of hydrogen-bond acceptors (Lipinski definition) is 5. The number of nitrogens with two attached hydrogens (primary N) is 1. The highest BCUT2D eigenvalue weighted by Crippen LogP contribution is 2.30. The minimum atomic E-state index is -0.993. The molecule has 0 amide bonds. The molecule has 0 saturated heterocycles. The van der Waals surface area contributed by atoms with Gasteiger partial charge in [-0.1, -0.05) is 6.07 Å². The van der Waals surface area contributed by atoms with Gasteiger partial charge >= 0.3 is 5.97 Å². The summed E-state index contributed by atoms with van der Waals surface area (Å²) in [6.45, 7) is 4.12. The van der Waals surface area contributed by atoms with Crippen LogP contribution in [0.25, 0.3) is 11.0 Å². The van der Waals surface area contributed by atoms with Crippen molar-refractivity contribution < 1.29 is 19.4 Å². The standard InChI is InChI=1S/C24H23N3O4/c1-14-9-19(10-15(2)23(14)25)31-18-7-8-20-21(12-18)27(3)22(26-20)13-30-17-6-4-5-16(11-17)24(28)29/h4-12H,13,25H2,1-3H3,(H,28,29). The molecular weight excluding hydrogens is 394 g/mol. The van der Waals surface area contributed by atoms with E-state index in [1.807, 2.05) is 55.8 Å². The highest BCUT2D eigenvalue weighted by Gasteiger charge is 2.12. The fourth-order valence-corrected chi connectivity index (χ4v) is 3.41. The maximum Gasteiger partial charge on any atom is 0.335 e. The number of carbonyl (C=O) groups is 1. The first kappa shape index (κ1) is 20.3. The normalized spacial score (nSPS) is 10.9. The molecule has 0 spiro atoms. The number of aryl methyl sites for hydroxylation is 3. The molecule has 1 aromatic heterocycles. The molecule has 0 aliphatic heterocycles. The second-order valence-electron chi connectivity index (χ2n) is 7.43. The Hall–Kier alpha value is -4.00. The van der Waals surface area contributed by atoms with Gasteiger partial charge in [-0.15, -0.1) is 0 Å². The van der Waals surface area contributed by atoms with E-state index >= 15 is 0 Å². The van der Waals surface area contributed by atoms with Crippen LogP contribution in [0.2, 0.25) is 0 Å². The third-order valence-corrected chi connectivity index (χ3v) is 5.20. The minimum Gasteiger partial charge on any atom is -0.486 e. The quantitative estimate of drug-likeness (QED) is 0.436. The number of carboxylic acids is 1. The third kappa shape index (κ3) is 4.16. The van der Waals surface area contributed by atoms with E-state index in [2.05, 4.69) is 4.98 Å². The van der Waals surface area contributed by atoms with Crippen LogP contribution in [0.1, 0.15) is 27.3 Å². The lowest BCUT2D eigenvalue weighted by Gasteiger charge is -2.11. The number of anilines is 1. The van der Waals surface area contributed by atoms with Gasteiger partial charge < -0.3 is 24.9 Å². The van der Waals surface area contributed by atoms with Crippen LogP contribution in [-0.4, -0.2) is 20.6 Å². The number of aromatic carboxylic acids is 1. The molecule has 0 bridgehead atoms. The summed E-state index contributed by atoms with van der Waals surface area (Å²) in [5, 5.41) is 9.12. The Labute approximate surface area is 179 Å². The van der Waals surface area contributed by atoms with Crippen molar-refractivity contribution in [2.24, 2.45) is 7.05 Å². The molecule has 158 valence electrons. The summed E-state index contributed by atoms with van der Waals surface area (Å²) in [6, 6.07) is 15.9. The zero-order valence-corrected chi connectivity index (χ0v) is 17.5. The van der Waals surface area contributed by atoms with Crippen molar-refractivity contribution in [2.45, 2.75) is 20.5 Å². The molecule has 0 aliphatic carbocycles. The van der Waals surface area contributed by atoms with Gasteiger partial charge in [0.25, 0.3) is 0 Å². The van der Waals surface area contributed by atoms with E-state index in [-0.39, 0.29) is 12.2 Å². The molecule has 0 aliphatic rings. The molecule has 3 N–H and O–H groups in total. The van der Waals surface area contributed by atoms with Crippen molar-refractivity contribution in [3.8, 4) is 17.2 Å². The van der Waals surface area contributed by atoms with Gasteiger partial charge in [-0.05, 0) is 67.4 Å². The maximum absolute atomic E-state index is 11.1. The van der Waals surface area contributed by atoms with E-state index in [4.69, 9.17) is 20.3 Å². The number of carboxylic acid groups (broad SMARTS) is 1. The van der Waals surface area contributed by atoms with Crippen LogP contribution in [0.15, 0.2) is 54.6 Å². The molecule has 0 atom stereocenters. The molecule has 0 radical (unpaired) electrons. The first-order chi connectivity index (χ1) is 14.8. The van der Waals surface area contributed by atoms with Gasteiger partial charge in [-0.3, -0.25) is 0 Å². The van der Waals surface area contributed by atoms with Crippen molar-refractivity contribution in [3.63, 3.8) is 0 Å². The van der Waals surface area contributed by atoms with Gasteiger partial charge in [0.05, 0.1) is 16.6 Å². The Bertz CT molecular complexity index is 1270. The van der Waals surface area contributed by atoms with Crippen LogP contribution in [0.5, 0.6) is 17.2 Å². The molecule has 4 aromatic rings. The van der Waals surface area contributed by atoms with Crippen molar-refractivity contribution in [1.82, 2.24) is 9.55 Å². The lowest BCUT2D eigenvalue weighted by molar-refractivity contribution is 0.0696. The van der Waals surface area contributed by atoms with E-state index in [9.17, 15) is 4.79 Å². The van der Waals surface area contributed by atoms with Crippen molar-refractivity contribution in [1.29, 1.82) is 0 Å². The molecule has 1 heterocycles. The zero-order chi connectivity index (χ0) is 22.1. The topological polar surface area (TPSA) is 99.6 Å². The van der Waals surface area contributed by atoms with E-state index in [0.717, 1.165) is 33.6 Å². The molecule has 7 heteroatoms. The van der Waals surface area contributed by atoms with Gasteiger partial charge in [0.15, 0.2) is 0 Å². The van der Waals surface area contributed by atoms with Gasteiger partial charge in [0.2, 0.25) is 0 Å². The molecule has 31 heavy (non-hydrogen) atoms. The first-order valence-electron chi connectivity index (χ1n) is 9.78. The molecule has 7 nitrogen and oxygen atoms in total. The SMILES string of the molecule is Cc1cc(Oc2ccc3nc(COc4cccc(C(=O)O)c4)n(C)c3c2)cc(C)c1N. The summed E-state index contributed by atoms with van der Waals surface area (Å²) < 4.78 is 13.7. The molecule has 3 aromatic carbocycles. The summed E-state index contributed by atoms with van der Waals surface area (Å²) in [4.78, 5) is 15.7. The smallest absolute Gasteiger partial charge is 0.335 e. The largest absolute Gasteiger partial charge is 0.486 e. The number of imidazole rings is 1. The van der Waals surface area contributed by atoms with Crippen molar-refractivity contribution >= 4 is 22.7 Å². The van der Waals surface area contributed by atoms with E-state index in [1.165, 1.54) is 12.1 Å². The molecule has 0 unspecified atom stereocenters. The average molecular weight is 417 g/mol. The van der Waals surface area contributed by atoms with Gasteiger partial charge in [0, 0.05) is 18.8 Å². The monoisotopic (exact) mass is 417 g/mol.